The van der Waals surface area contributed by atoms with Gasteiger partial charge in [0.15, 0.2) is 11.6 Å². The predicted octanol–water partition coefficient (Wildman–Crippen LogP) is 3.91. The summed E-state index contributed by atoms with van der Waals surface area (Å²) >= 11 is 0. The van der Waals surface area contributed by atoms with E-state index >= 15 is 0 Å². The highest BCUT2D eigenvalue weighted by atomic mass is 19.2. The Balaban J connectivity index is 2.05. The summed E-state index contributed by atoms with van der Waals surface area (Å²) in [5.41, 5.74) is 8.53. The minimum atomic E-state index is -0.844. The van der Waals surface area contributed by atoms with E-state index in [1.807, 2.05) is 25.1 Å². The summed E-state index contributed by atoms with van der Waals surface area (Å²) in [6, 6.07) is 11.7. The molecule has 0 fully saturated rings. The van der Waals surface area contributed by atoms with Gasteiger partial charge in [-0.1, -0.05) is 42.0 Å². The summed E-state index contributed by atoms with van der Waals surface area (Å²) in [5, 5.41) is 0. The molecule has 1 atom stereocenters. The third-order valence-corrected chi connectivity index (χ3v) is 3.21. The summed E-state index contributed by atoms with van der Waals surface area (Å²) < 4.78 is 26.7. The highest BCUT2D eigenvalue weighted by Gasteiger charge is 2.14. The lowest BCUT2D eigenvalue weighted by Crippen LogP contribution is -2.14. The maximum absolute atomic E-state index is 13.6. The normalized spacial score (nSPS) is 12.4. The van der Waals surface area contributed by atoms with E-state index in [1.54, 1.807) is 6.07 Å². The van der Waals surface area contributed by atoms with E-state index < -0.39 is 17.7 Å². The van der Waals surface area contributed by atoms with Crippen LogP contribution in [0, 0.1) is 18.6 Å². The number of hydrogen-bond donors (Lipinski definition) is 1. The Hall–Kier alpha value is -1.74. The van der Waals surface area contributed by atoms with E-state index in [0.717, 1.165) is 18.1 Å². The van der Waals surface area contributed by atoms with Gasteiger partial charge in [0, 0.05) is 11.6 Å². The number of nitrogens with two attached hydrogens (primary N) is 1. The van der Waals surface area contributed by atoms with Crippen LogP contribution in [-0.4, -0.2) is 0 Å². The molecule has 100 valence electrons. The third-order valence-electron chi connectivity index (χ3n) is 3.21. The van der Waals surface area contributed by atoms with Gasteiger partial charge in [0.1, 0.15) is 0 Å². The quantitative estimate of drug-likeness (QED) is 0.887. The Morgan fingerprint density at radius 3 is 2.58 bits per heavy atom. The van der Waals surface area contributed by atoms with E-state index in [0.29, 0.717) is 6.42 Å². The fourth-order valence-electron chi connectivity index (χ4n) is 2.15. The molecule has 0 bridgehead atoms. The molecule has 19 heavy (non-hydrogen) atoms. The van der Waals surface area contributed by atoms with Crippen LogP contribution in [0.15, 0.2) is 42.5 Å². The molecule has 1 unspecified atom stereocenters. The summed E-state index contributed by atoms with van der Waals surface area (Å²) in [6.07, 6.45) is 1.34. The zero-order valence-electron chi connectivity index (χ0n) is 10.9. The largest absolute Gasteiger partial charge is 0.324 e. The average molecular weight is 261 g/mol. The van der Waals surface area contributed by atoms with Gasteiger partial charge in [-0.2, -0.15) is 0 Å². The summed E-state index contributed by atoms with van der Waals surface area (Å²) in [6.45, 7) is 2.02. The van der Waals surface area contributed by atoms with Crippen LogP contribution < -0.4 is 5.73 Å². The van der Waals surface area contributed by atoms with E-state index in [1.165, 1.54) is 11.6 Å². The van der Waals surface area contributed by atoms with Crippen LogP contribution in [0.3, 0.4) is 0 Å². The molecule has 0 radical (unpaired) electrons. The number of rotatable bonds is 4. The molecule has 3 heteroatoms. The van der Waals surface area contributed by atoms with Crippen molar-refractivity contribution in [3.63, 3.8) is 0 Å². The zero-order valence-corrected chi connectivity index (χ0v) is 10.9. The Morgan fingerprint density at radius 1 is 1.11 bits per heavy atom. The van der Waals surface area contributed by atoms with Crippen LogP contribution in [0.1, 0.15) is 29.2 Å². The van der Waals surface area contributed by atoms with E-state index in [-0.39, 0.29) is 5.56 Å². The first-order valence-corrected chi connectivity index (χ1v) is 6.33. The fourth-order valence-corrected chi connectivity index (χ4v) is 2.15. The van der Waals surface area contributed by atoms with E-state index in [2.05, 4.69) is 6.07 Å². The van der Waals surface area contributed by atoms with Gasteiger partial charge in [-0.3, -0.25) is 0 Å². The molecule has 1 nitrogen and oxygen atoms in total. The topological polar surface area (TPSA) is 26.0 Å². The van der Waals surface area contributed by atoms with Crippen molar-refractivity contribution < 1.29 is 8.78 Å². The van der Waals surface area contributed by atoms with Crippen LogP contribution in [0.2, 0.25) is 0 Å². The molecule has 0 aromatic heterocycles. The van der Waals surface area contributed by atoms with Crippen molar-refractivity contribution in [1.29, 1.82) is 0 Å². The molecule has 2 rings (SSSR count). The minimum Gasteiger partial charge on any atom is -0.324 e. The summed E-state index contributed by atoms with van der Waals surface area (Å²) in [5.74, 6) is -1.68. The Morgan fingerprint density at radius 2 is 1.84 bits per heavy atom. The highest BCUT2D eigenvalue weighted by Crippen LogP contribution is 2.21. The first kappa shape index (κ1) is 13.7. The highest BCUT2D eigenvalue weighted by molar-refractivity contribution is 5.25. The molecule has 2 aromatic rings. The lowest BCUT2D eigenvalue weighted by molar-refractivity contribution is 0.483. The Labute approximate surface area is 112 Å². The zero-order chi connectivity index (χ0) is 13.8. The Bertz CT molecular complexity index is 566. The molecular weight excluding hydrogens is 244 g/mol. The number of halogens is 2. The van der Waals surface area contributed by atoms with Crippen LogP contribution in [0.4, 0.5) is 8.78 Å². The van der Waals surface area contributed by atoms with Gasteiger partial charge < -0.3 is 5.73 Å². The molecule has 0 saturated carbocycles. The molecule has 2 N–H and O–H groups in total. The number of aryl methyl sites for hydroxylation is 2. The second kappa shape index (κ2) is 5.93. The van der Waals surface area contributed by atoms with Crippen molar-refractivity contribution >= 4 is 0 Å². The maximum atomic E-state index is 13.6. The monoisotopic (exact) mass is 261 g/mol. The van der Waals surface area contributed by atoms with Crippen molar-refractivity contribution in [2.75, 3.05) is 0 Å². The van der Waals surface area contributed by atoms with Crippen molar-refractivity contribution in [2.45, 2.75) is 25.8 Å². The second-order valence-corrected chi connectivity index (χ2v) is 4.78. The molecule has 0 aliphatic heterocycles. The molecule has 0 spiro atoms. The van der Waals surface area contributed by atoms with E-state index in [9.17, 15) is 8.78 Å². The fraction of sp³-hybridized carbons (Fsp3) is 0.250. The van der Waals surface area contributed by atoms with E-state index in [4.69, 9.17) is 5.73 Å². The van der Waals surface area contributed by atoms with Crippen molar-refractivity contribution in [2.24, 2.45) is 5.73 Å². The predicted molar refractivity (Wildman–Crippen MR) is 72.8 cm³/mol. The van der Waals surface area contributed by atoms with Gasteiger partial charge in [0.25, 0.3) is 0 Å². The van der Waals surface area contributed by atoms with Crippen molar-refractivity contribution in [3.05, 3.63) is 70.8 Å². The molecule has 0 heterocycles. The third kappa shape index (κ3) is 3.38. The maximum Gasteiger partial charge on any atom is 0.163 e. The SMILES string of the molecule is Cc1cccc(CCC(N)c2cccc(F)c2F)c1. The second-order valence-electron chi connectivity index (χ2n) is 4.78. The first-order chi connectivity index (χ1) is 9.08. The Kier molecular flexibility index (Phi) is 4.27. The van der Waals surface area contributed by atoms with Gasteiger partial charge in [-0.25, -0.2) is 8.78 Å². The van der Waals surface area contributed by atoms with Gasteiger partial charge in [-0.15, -0.1) is 0 Å². The first-order valence-electron chi connectivity index (χ1n) is 6.33. The lowest BCUT2D eigenvalue weighted by atomic mass is 9.98. The van der Waals surface area contributed by atoms with Gasteiger partial charge >= 0.3 is 0 Å². The van der Waals surface area contributed by atoms with Crippen LogP contribution >= 0.6 is 0 Å². The average Bonchev–Trinajstić information content (AvgIpc) is 2.39. The van der Waals surface area contributed by atoms with Crippen LogP contribution in [-0.2, 0) is 6.42 Å². The molecule has 0 amide bonds. The van der Waals surface area contributed by atoms with Crippen LogP contribution in [0.25, 0.3) is 0 Å². The molecule has 0 aliphatic rings. The summed E-state index contributed by atoms with van der Waals surface area (Å²) in [7, 11) is 0. The summed E-state index contributed by atoms with van der Waals surface area (Å²) in [4.78, 5) is 0. The van der Waals surface area contributed by atoms with Gasteiger partial charge in [-0.05, 0) is 31.4 Å². The van der Waals surface area contributed by atoms with Crippen LogP contribution in [0.5, 0.6) is 0 Å². The minimum absolute atomic E-state index is 0.243. The van der Waals surface area contributed by atoms with Gasteiger partial charge in [0.05, 0.1) is 0 Å². The molecule has 0 saturated heterocycles. The molecule has 2 aromatic carbocycles. The smallest absolute Gasteiger partial charge is 0.163 e. The number of benzene rings is 2. The van der Waals surface area contributed by atoms with Crippen molar-refractivity contribution in [3.8, 4) is 0 Å². The number of hydrogen-bond acceptors (Lipinski definition) is 1. The molecule has 0 aliphatic carbocycles. The lowest BCUT2D eigenvalue weighted by Gasteiger charge is -2.13. The van der Waals surface area contributed by atoms with Gasteiger partial charge in [0.2, 0.25) is 0 Å². The molecular formula is C16H17F2N. The standard InChI is InChI=1S/C16H17F2N/c1-11-4-2-5-12(10-11)8-9-15(19)13-6-3-7-14(17)16(13)18/h2-7,10,15H,8-9,19H2,1H3. The van der Waals surface area contributed by atoms with Crippen molar-refractivity contribution in [1.82, 2.24) is 0 Å².